The molecule has 0 bridgehead atoms. The molecule has 6 heteroatoms. The summed E-state index contributed by atoms with van der Waals surface area (Å²) in [5.41, 5.74) is 1.04. The first-order valence-corrected chi connectivity index (χ1v) is 6.84. The fourth-order valence-corrected chi connectivity index (χ4v) is 2.39. The van der Waals surface area contributed by atoms with Gasteiger partial charge in [0.15, 0.2) is 0 Å². The standard InChI is InChI=1S/C14H19N3O3/c18-13(19)12-5-1-2-9-17(12)14(20)16-8-6-11-4-3-7-15-10-11/h3-4,7,10,12H,1-2,5-6,8-9H2,(H,16,20)(H,18,19). The number of carboxylic acid groups (broad SMARTS) is 1. The first kappa shape index (κ1) is 14.3. The lowest BCUT2D eigenvalue weighted by atomic mass is 10.0. The smallest absolute Gasteiger partial charge is 0.326 e. The van der Waals surface area contributed by atoms with E-state index in [9.17, 15) is 9.59 Å². The maximum atomic E-state index is 12.0. The first-order valence-electron chi connectivity index (χ1n) is 6.84. The van der Waals surface area contributed by atoms with Crippen molar-refractivity contribution in [3.63, 3.8) is 0 Å². The number of aliphatic carboxylic acids is 1. The van der Waals surface area contributed by atoms with E-state index in [2.05, 4.69) is 10.3 Å². The van der Waals surface area contributed by atoms with Crippen LogP contribution in [-0.2, 0) is 11.2 Å². The van der Waals surface area contributed by atoms with Gasteiger partial charge in [0.25, 0.3) is 0 Å². The second-order valence-corrected chi connectivity index (χ2v) is 4.89. The van der Waals surface area contributed by atoms with Gasteiger partial charge in [-0.25, -0.2) is 9.59 Å². The van der Waals surface area contributed by atoms with E-state index in [1.54, 1.807) is 12.4 Å². The number of hydrogen-bond donors (Lipinski definition) is 2. The average molecular weight is 277 g/mol. The molecule has 1 aromatic heterocycles. The molecule has 0 aliphatic carbocycles. The molecule has 0 radical (unpaired) electrons. The maximum absolute atomic E-state index is 12.0. The molecule has 6 nitrogen and oxygen atoms in total. The zero-order chi connectivity index (χ0) is 14.4. The van der Waals surface area contributed by atoms with Crippen LogP contribution < -0.4 is 5.32 Å². The molecular formula is C14H19N3O3. The molecule has 2 heterocycles. The second-order valence-electron chi connectivity index (χ2n) is 4.89. The molecule has 2 N–H and O–H groups in total. The predicted molar refractivity (Wildman–Crippen MR) is 73.3 cm³/mol. The molecular weight excluding hydrogens is 258 g/mol. The van der Waals surface area contributed by atoms with E-state index in [1.807, 2.05) is 12.1 Å². The van der Waals surface area contributed by atoms with Gasteiger partial charge in [0.1, 0.15) is 6.04 Å². The van der Waals surface area contributed by atoms with Crippen LogP contribution in [0.15, 0.2) is 24.5 Å². The van der Waals surface area contributed by atoms with E-state index >= 15 is 0 Å². The predicted octanol–water partition coefficient (Wildman–Crippen LogP) is 1.27. The van der Waals surface area contributed by atoms with Gasteiger partial charge in [0, 0.05) is 25.5 Å². The lowest BCUT2D eigenvalue weighted by Gasteiger charge is -2.32. The van der Waals surface area contributed by atoms with Crippen LogP contribution in [0, 0.1) is 0 Å². The Morgan fingerprint density at radius 3 is 3.00 bits per heavy atom. The van der Waals surface area contributed by atoms with Crippen LogP contribution >= 0.6 is 0 Å². The Morgan fingerprint density at radius 2 is 2.30 bits per heavy atom. The average Bonchev–Trinajstić information content (AvgIpc) is 2.48. The van der Waals surface area contributed by atoms with Crippen LogP contribution in [0.5, 0.6) is 0 Å². The van der Waals surface area contributed by atoms with E-state index in [0.29, 0.717) is 25.9 Å². The first-order chi connectivity index (χ1) is 9.68. The minimum atomic E-state index is -0.924. The van der Waals surface area contributed by atoms with Crippen LogP contribution in [0.2, 0.25) is 0 Å². The highest BCUT2D eigenvalue weighted by atomic mass is 16.4. The van der Waals surface area contributed by atoms with E-state index in [0.717, 1.165) is 18.4 Å². The summed E-state index contributed by atoms with van der Waals surface area (Å²) in [5, 5.41) is 11.9. The zero-order valence-corrected chi connectivity index (χ0v) is 11.3. The molecule has 1 aromatic rings. The summed E-state index contributed by atoms with van der Waals surface area (Å²) in [5.74, 6) is -0.924. The summed E-state index contributed by atoms with van der Waals surface area (Å²) in [4.78, 5) is 28.6. The van der Waals surface area contributed by atoms with Crippen molar-refractivity contribution in [3.05, 3.63) is 30.1 Å². The van der Waals surface area contributed by atoms with Crippen molar-refractivity contribution in [1.29, 1.82) is 0 Å². The molecule has 0 saturated carbocycles. The van der Waals surface area contributed by atoms with Gasteiger partial charge in [0.05, 0.1) is 0 Å². The second kappa shape index (κ2) is 6.88. The van der Waals surface area contributed by atoms with Crippen molar-refractivity contribution in [3.8, 4) is 0 Å². The molecule has 108 valence electrons. The van der Waals surface area contributed by atoms with Gasteiger partial charge in [-0.2, -0.15) is 0 Å². The molecule has 1 aliphatic heterocycles. The van der Waals surface area contributed by atoms with Crippen molar-refractivity contribution < 1.29 is 14.7 Å². The van der Waals surface area contributed by atoms with Gasteiger partial charge in [-0.05, 0) is 37.3 Å². The highest BCUT2D eigenvalue weighted by Gasteiger charge is 2.31. The lowest BCUT2D eigenvalue weighted by Crippen LogP contribution is -2.52. The van der Waals surface area contributed by atoms with Gasteiger partial charge in [-0.3, -0.25) is 4.98 Å². The minimum Gasteiger partial charge on any atom is -0.480 e. The van der Waals surface area contributed by atoms with E-state index in [1.165, 1.54) is 4.90 Å². The number of urea groups is 1. The van der Waals surface area contributed by atoms with Gasteiger partial charge >= 0.3 is 12.0 Å². The number of amides is 2. The summed E-state index contributed by atoms with van der Waals surface area (Å²) >= 11 is 0. The number of pyridine rings is 1. The van der Waals surface area contributed by atoms with Gasteiger partial charge in [-0.15, -0.1) is 0 Å². The van der Waals surface area contributed by atoms with Crippen molar-refractivity contribution in [1.82, 2.24) is 15.2 Å². The molecule has 0 aromatic carbocycles. The number of aromatic nitrogens is 1. The number of likely N-dealkylation sites (tertiary alicyclic amines) is 1. The van der Waals surface area contributed by atoms with Crippen LogP contribution in [0.4, 0.5) is 4.79 Å². The van der Waals surface area contributed by atoms with Crippen molar-refractivity contribution >= 4 is 12.0 Å². The Morgan fingerprint density at radius 1 is 1.45 bits per heavy atom. The summed E-state index contributed by atoms with van der Waals surface area (Å²) in [6, 6.07) is 2.81. The van der Waals surface area contributed by atoms with Crippen LogP contribution in [0.3, 0.4) is 0 Å². The highest BCUT2D eigenvalue weighted by Crippen LogP contribution is 2.17. The summed E-state index contributed by atoms with van der Waals surface area (Å²) in [7, 11) is 0. The largest absolute Gasteiger partial charge is 0.480 e. The number of hydrogen-bond acceptors (Lipinski definition) is 3. The normalized spacial score (nSPS) is 18.6. The fraction of sp³-hybridized carbons (Fsp3) is 0.500. The summed E-state index contributed by atoms with van der Waals surface area (Å²) < 4.78 is 0. The Hall–Kier alpha value is -2.11. The quantitative estimate of drug-likeness (QED) is 0.868. The fourth-order valence-electron chi connectivity index (χ4n) is 2.39. The molecule has 2 amide bonds. The molecule has 1 saturated heterocycles. The number of carboxylic acids is 1. The Balaban J connectivity index is 1.83. The molecule has 0 spiro atoms. The van der Waals surface area contributed by atoms with Gasteiger partial charge in [-0.1, -0.05) is 6.07 Å². The van der Waals surface area contributed by atoms with Gasteiger partial charge in [0.2, 0.25) is 0 Å². The van der Waals surface area contributed by atoms with E-state index in [4.69, 9.17) is 5.11 Å². The Kier molecular flexibility index (Phi) is 4.92. The van der Waals surface area contributed by atoms with Crippen molar-refractivity contribution in [2.24, 2.45) is 0 Å². The summed E-state index contributed by atoms with van der Waals surface area (Å²) in [6.07, 6.45) is 6.40. The third kappa shape index (κ3) is 3.69. The number of nitrogens with one attached hydrogen (secondary N) is 1. The zero-order valence-electron chi connectivity index (χ0n) is 11.3. The molecule has 1 aliphatic rings. The van der Waals surface area contributed by atoms with Crippen molar-refractivity contribution in [2.75, 3.05) is 13.1 Å². The van der Waals surface area contributed by atoms with Crippen LogP contribution in [0.1, 0.15) is 24.8 Å². The number of nitrogens with zero attached hydrogens (tertiary/aromatic N) is 2. The topological polar surface area (TPSA) is 82.5 Å². The minimum absolute atomic E-state index is 0.291. The van der Waals surface area contributed by atoms with Crippen LogP contribution in [0.25, 0.3) is 0 Å². The SMILES string of the molecule is O=C(O)C1CCCCN1C(=O)NCCc1cccnc1. The monoisotopic (exact) mass is 277 g/mol. The number of carbonyl (C=O) groups is 2. The third-order valence-electron chi connectivity index (χ3n) is 3.46. The number of carbonyl (C=O) groups excluding carboxylic acids is 1. The highest BCUT2D eigenvalue weighted by molar-refractivity contribution is 5.82. The molecule has 1 atom stereocenters. The molecule has 2 rings (SSSR count). The maximum Gasteiger partial charge on any atom is 0.326 e. The molecule has 1 fully saturated rings. The van der Waals surface area contributed by atoms with E-state index < -0.39 is 12.0 Å². The lowest BCUT2D eigenvalue weighted by molar-refractivity contribution is -0.143. The molecule has 1 unspecified atom stereocenters. The van der Waals surface area contributed by atoms with Crippen molar-refractivity contribution in [2.45, 2.75) is 31.7 Å². The third-order valence-corrected chi connectivity index (χ3v) is 3.46. The number of piperidine rings is 1. The Labute approximate surface area is 117 Å². The van der Waals surface area contributed by atoms with E-state index in [-0.39, 0.29) is 6.03 Å². The Bertz CT molecular complexity index is 464. The van der Waals surface area contributed by atoms with Gasteiger partial charge < -0.3 is 15.3 Å². The number of rotatable bonds is 4. The summed E-state index contributed by atoms with van der Waals surface area (Å²) in [6.45, 7) is 0.989. The van der Waals surface area contributed by atoms with Crippen LogP contribution in [-0.4, -0.2) is 46.1 Å². The molecule has 20 heavy (non-hydrogen) atoms.